The molecule has 4 heterocycles. The van der Waals surface area contributed by atoms with Gasteiger partial charge in [-0.1, -0.05) is 6.92 Å². The van der Waals surface area contributed by atoms with Crippen molar-refractivity contribution in [2.24, 2.45) is 0 Å². The highest BCUT2D eigenvalue weighted by Gasteiger charge is 2.44. The van der Waals surface area contributed by atoms with Crippen molar-refractivity contribution < 1.29 is 4.79 Å². The Morgan fingerprint density at radius 2 is 2.29 bits per heavy atom. The Morgan fingerprint density at radius 3 is 2.96 bits per heavy atom. The molecule has 0 aliphatic carbocycles. The van der Waals surface area contributed by atoms with Crippen LogP contribution < -0.4 is 0 Å². The molecule has 0 spiro atoms. The fourth-order valence-corrected chi connectivity index (χ4v) is 4.66. The molecule has 1 fully saturated rings. The number of hydrogen-bond donors (Lipinski definition) is 1. The number of hydrogen-bond acceptors (Lipinski definition) is 6. The molecule has 0 bridgehead atoms. The molecule has 4 rings (SSSR count). The van der Waals surface area contributed by atoms with Gasteiger partial charge in [0.05, 0.1) is 17.8 Å². The van der Waals surface area contributed by atoms with Gasteiger partial charge in [-0.05, 0) is 31.4 Å². The number of amides is 1. The predicted molar refractivity (Wildman–Crippen MR) is 106 cm³/mol. The molecule has 2 atom stereocenters. The van der Waals surface area contributed by atoms with Crippen LogP contribution in [0, 0.1) is 11.3 Å². The molecule has 0 radical (unpaired) electrons. The smallest absolute Gasteiger partial charge is 0.254 e. The van der Waals surface area contributed by atoms with E-state index in [1.165, 1.54) is 11.3 Å². The number of nitrogens with one attached hydrogen (secondary N) is 1. The van der Waals surface area contributed by atoms with Gasteiger partial charge in [-0.15, -0.1) is 11.3 Å². The van der Waals surface area contributed by atoms with Crippen molar-refractivity contribution in [3.8, 4) is 16.5 Å². The zero-order valence-corrected chi connectivity index (χ0v) is 16.3. The van der Waals surface area contributed by atoms with E-state index in [1.807, 2.05) is 22.5 Å². The molecule has 1 N–H and O–H groups in total. The summed E-state index contributed by atoms with van der Waals surface area (Å²) in [6.07, 6.45) is 8.77. The second-order valence-electron chi connectivity index (χ2n) is 6.97. The van der Waals surface area contributed by atoms with E-state index in [2.05, 4.69) is 33.2 Å². The van der Waals surface area contributed by atoms with Gasteiger partial charge in [-0.25, -0.2) is 9.97 Å². The highest BCUT2D eigenvalue weighted by Crippen LogP contribution is 2.38. The van der Waals surface area contributed by atoms with Crippen LogP contribution in [0.3, 0.4) is 0 Å². The van der Waals surface area contributed by atoms with E-state index in [4.69, 9.17) is 0 Å². The van der Waals surface area contributed by atoms with Gasteiger partial charge in [0.25, 0.3) is 5.91 Å². The molecule has 1 saturated heterocycles. The molecule has 142 valence electrons. The number of aromatic amines is 1. The van der Waals surface area contributed by atoms with Crippen molar-refractivity contribution >= 4 is 17.2 Å². The second kappa shape index (κ2) is 7.52. The van der Waals surface area contributed by atoms with Crippen molar-refractivity contribution in [3.63, 3.8) is 0 Å². The van der Waals surface area contributed by atoms with Gasteiger partial charge in [0, 0.05) is 47.0 Å². The maximum Gasteiger partial charge on any atom is 0.254 e. The summed E-state index contributed by atoms with van der Waals surface area (Å²) in [6, 6.07) is 6.09. The molecule has 2 unspecified atom stereocenters. The molecule has 8 heteroatoms. The molecule has 1 aliphatic heterocycles. The van der Waals surface area contributed by atoms with Crippen molar-refractivity contribution in [3.05, 3.63) is 53.7 Å². The largest absolute Gasteiger partial charge is 0.336 e. The summed E-state index contributed by atoms with van der Waals surface area (Å²) in [5.74, 6) is 0.569. The van der Waals surface area contributed by atoms with E-state index in [1.54, 1.807) is 24.7 Å². The first kappa shape index (κ1) is 18.3. The lowest BCUT2D eigenvalue weighted by Crippen LogP contribution is -2.51. The van der Waals surface area contributed by atoms with Gasteiger partial charge in [0.15, 0.2) is 0 Å². The average Bonchev–Trinajstić information content (AvgIpc) is 3.45. The summed E-state index contributed by atoms with van der Waals surface area (Å²) in [7, 11) is 0. The van der Waals surface area contributed by atoms with Gasteiger partial charge in [0.1, 0.15) is 11.2 Å². The molecule has 0 saturated carbocycles. The fourth-order valence-electron chi connectivity index (χ4n) is 3.79. The van der Waals surface area contributed by atoms with Gasteiger partial charge < -0.3 is 4.90 Å². The normalized spacial score (nSPS) is 22.0. The lowest BCUT2D eigenvalue weighted by Gasteiger charge is -2.42. The first-order valence-corrected chi connectivity index (χ1v) is 10.1. The number of nitriles is 1. The Bertz CT molecular complexity index is 993. The van der Waals surface area contributed by atoms with Crippen molar-refractivity contribution in [1.29, 1.82) is 5.26 Å². The topological polar surface area (TPSA) is 98.6 Å². The van der Waals surface area contributed by atoms with E-state index in [0.29, 0.717) is 30.8 Å². The van der Waals surface area contributed by atoms with E-state index < -0.39 is 5.41 Å². The molecule has 7 nitrogen and oxygen atoms in total. The van der Waals surface area contributed by atoms with Crippen LogP contribution in [0.15, 0.2) is 42.3 Å². The standard InChI is InChI=1S/C20H20N6OS/c1-2-16-9-20(13-21,19-22-5-3-6-23-19)4-7-26(16)18(27)14-8-17(28-12-14)15-10-24-25-11-15/h3,5-6,8,10-12,16H,2,4,7,9H2,1H3,(H,24,25). The summed E-state index contributed by atoms with van der Waals surface area (Å²) in [5, 5.41) is 18.6. The van der Waals surface area contributed by atoms with Gasteiger partial charge >= 0.3 is 0 Å². The lowest BCUT2D eigenvalue weighted by atomic mass is 9.75. The maximum absolute atomic E-state index is 13.2. The molecule has 3 aromatic rings. The zero-order valence-electron chi connectivity index (χ0n) is 15.5. The van der Waals surface area contributed by atoms with Gasteiger partial charge in [-0.3, -0.25) is 9.89 Å². The molecule has 28 heavy (non-hydrogen) atoms. The second-order valence-corrected chi connectivity index (χ2v) is 7.88. The van der Waals surface area contributed by atoms with Crippen LogP contribution in [0.5, 0.6) is 0 Å². The zero-order chi connectivity index (χ0) is 19.6. The fraction of sp³-hybridized carbons (Fsp3) is 0.350. The van der Waals surface area contributed by atoms with Crippen LogP contribution in [0.25, 0.3) is 10.4 Å². The number of nitrogens with zero attached hydrogens (tertiary/aromatic N) is 5. The third-order valence-electron chi connectivity index (χ3n) is 5.37. The van der Waals surface area contributed by atoms with Gasteiger partial charge in [-0.2, -0.15) is 10.4 Å². The van der Waals surface area contributed by atoms with Crippen LogP contribution in [0.1, 0.15) is 42.4 Å². The van der Waals surface area contributed by atoms with Crippen LogP contribution in [-0.2, 0) is 5.41 Å². The van der Waals surface area contributed by atoms with E-state index in [0.717, 1.165) is 16.9 Å². The average molecular weight is 392 g/mol. The first-order chi connectivity index (χ1) is 13.7. The number of carbonyl (C=O) groups excluding carboxylic acids is 1. The summed E-state index contributed by atoms with van der Waals surface area (Å²) in [6.45, 7) is 2.56. The molecule has 1 aliphatic rings. The minimum Gasteiger partial charge on any atom is -0.336 e. The van der Waals surface area contributed by atoms with Crippen LogP contribution in [0.2, 0.25) is 0 Å². The van der Waals surface area contributed by atoms with Crippen LogP contribution in [-0.4, -0.2) is 43.6 Å². The third kappa shape index (κ3) is 3.18. The van der Waals surface area contributed by atoms with Crippen molar-refractivity contribution in [2.45, 2.75) is 37.6 Å². The first-order valence-electron chi connectivity index (χ1n) is 9.24. The number of likely N-dealkylation sites (tertiary alicyclic amines) is 1. The molecule has 1 amide bonds. The van der Waals surface area contributed by atoms with E-state index >= 15 is 0 Å². The number of piperidine rings is 1. The highest BCUT2D eigenvalue weighted by atomic mass is 32.1. The minimum atomic E-state index is -0.741. The molecular weight excluding hydrogens is 372 g/mol. The molecule has 3 aromatic heterocycles. The highest BCUT2D eigenvalue weighted by molar-refractivity contribution is 7.13. The van der Waals surface area contributed by atoms with Crippen LogP contribution in [0.4, 0.5) is 0 Å². The summed E-state index contributed by atoms with van der Waals surface area (Å²) in [5.41, 5.74) is 0.912. The number of H-pyrrole nitrogens is 1. The summed E-state index contributed by atoms with van der Waals surface area (Å²) in [4.78, 5) is 24.8. The number of carbonyl (C=O) groups is 1. The Kier molecular flexibility index (Phi) is 4.92. The molecular formula is C20H20N6OS. The van der Waals surface area contributed by atoms with Crippen molar-refractivity contribution in [1.82, 2.24) is 25.1 Å². The maximum atomic E-state index is 13.2. The Morgan fingerprint density at radius 1 is 1.46 bits per heavy atom. The van der Waals surface area contributed by atoms with Crippen LogP contribution >= 0.6 is 11.3 Å². The van der Waals surface area contributed by atoms with E-state index in [-0.39, 0.29) is 11.9 Å². The number of aromatic nitrogens is 4. The summed E-state index contributed by atoms with van der Waals surface area (Å²) < 4.78 is 0. The minimum absolute atomic E-state index is 0.0124. The van der Waals surface area contributed by atoms with Gasteiger partial charge in [0.2, 0.25) is 0 Å². The molecule has 0 aromatic carbocycles. The van der Waals surface area contributed by atoms with E-state index in [9.17, 15) is 10.1 Å². The number of rotatable bonds is 4. The van der Waals surface area contributed by atoms with Crippen molar-refractivity contribution in [2.75, 3.05) is 6.54 Å². The predicted octanol–water partition coefficient (Wildman–Crippen LogP) is 3.40. The number of thiophene rings is 1. The summed E-state index contributed by atoms with van der Waals surface area (Å²) >= 11 is 1.53. The lowest BCUT2D eigenvalue weighted by molar-refractivity contribution is 0.0538. The Balaban J connectivity index is 1.57. The Hall–Kier alpha value is -3.05. The third-order valence-corrected chi connectivity index (χ3v) is 6.35. The Labute approximate surface area is 167 Å². The SMILES string of the molecule is CCC1CC(C#N)(c2ncccn2)CCN1C(=O)c1csc(-c2cn[nH]c2)c1. The monoisotopic (exact) mass is 392 g/mol. The quantitative estimate of drug-likeness (QED) is 0.734.